The largest absolute Gasteiger partial charge is 0.481 e. The van der Waals surface area contributed by atoms with E-state index in [1.165, 1.54) is 4.90 Å². The number of β-lactam (4-membered cyclic amide) rings is 1. The monoisotopic (exact) mass is 239 g/mol. The molecule has 0 saturated carbocycles. The maximum absolute atomic E-state index is 11.6. The van der Waals surface area contributed by atoms with E-state index in [1.54, 1.807) is 18.2 Å². The number of carbonyl (C=O) groups is 2. The molecule has 2 rings (SSSR count). The Morgan fingerprint density at radius 2 is 2.25 bits per heavy atom. The summed E-state index contributed by atoms with van der Waals surface area (Å²) in [4.78, 5) is 23.7. The van der Waals surface area contributed by atoms with Gasteiger partial charge in [0.1, 0.15) is 0 Å². The quantitative estimate of drug-likeness (QED) is 0.631. The van der Waals surface area contributed by atoms with Gasteiger partial charge < -0.3 is 10.0 Å². The second kappa shape index (κ2) is 3.79. The van der Waals surface area contributed by atoms with Crippen LogP contribution >= 0.6 is 11.6 Å². The van der Waals surface area contributed by atoms with Gasteiger partial charge in [-0.3, -0.25) is 9.59 Å². The van der Waals surface area contributed by atoms with Gasteiger partial charge in [-0.1, -0.05) is 11.6 Å². The molecule has 1 heterocycles. The summed E-state index contributed by atoms with van der Waals surface area (Å²) in [6, 6.07) is 5.16. The Hall–Kier alpha value is -1.55. The van der Waals surface area contributed by atoms with E-state index in [0.717, 1.165) is 11.3 Å². The molecule has 16 heavy (non-hydrogen) atoms. The first-order chi connectivity index (χ1) is 7.50. The number of aryl methyl sites for hydroxylation is 1. The van der Waals surface area contributed by atoms with Crippen molar-refractivity contribution in [3.8, 4) is 0 Å². The van der Waals surface area contributed by atoms with Crippen molar-refractivity contribution in [2.75, 3.05) is 11.4 Å². The zero-order valence-electron chi connectivity index (χ0n) is 8.61. The molecule has 0 spiro atoms. The van der Waals surface area contributed by atoms with E-state index in [-0.39, 0.29) is 12.5 Å². The highest BCUT2D eigenvalue weighted by Crippen LogP contribution is 2.30. The molecule has 0 bridgehead atoms. The lowest BCUT2D eigenvalue weighted by Gasteiger charge is -2.36. The molecule has 1 N–H and O–H groups in total. The molecule has 1 aliphatic rings. The molecule has 1 aromatic rings. The number of carboxylic acids is 1. The number of benzene rings is 1. The lowest BCUT2D eigenvalue weighted by molar-refractivity contribution is -0.149. The van der Waals surface area contributed by atoms with E-state index in [0.29, 0.717) is 5.02 Å². The SMILES string of the molecule is Cc1cc(Cl)ccc1N1CC(C(=O)O)C1=O. The lowest BCUT2D eigenvalue weighted by atomic mass is 9.97. The normalized spacial score (nSPS) is 19.5. The van der Waals surface area contributed by atoms with Crippen molar-refractivity contribution < 1.29 is 14.7 Å². The van der Waals surface area contributed by atoms with E-state index in [1.807, 2.05) is 6.92 Å². The summed E-state index contributed by atoms with van der Waals surface area (Å²) in [7, 11) is 0. The number of anilines is 1. The Kier molecular flexibility index (Phi) is 2.59. The van der Waals surface area contributed by atoms with Crippen molar-refractivity contribution in [2.45, 2.75) is 6.92 Å². The van der Waals surface area contributed by atoms with Crippen LogP contribution in [0.1, 0.15) is 5.56 Å². The van der Waals surface area contributed by atoms with E-state index in [9.17, 15) is 9.59 Å². The molecule has 1 atom stereocenters. The number of amides is 1. The van der Waals surface area contributed by atoms with Crippen LogP contribution in [0.2, 0.25) is 5.02 Å². The number of hydrogen-bond donors (Lipinski definition) is 1. The van der Waals surface area contributed by atoms with Gasteiger partial charge in [-0.25, -0.2) is 0 Å². The highest BCUT2D eigenvalue weighted by molar-refractivity contribution is 6.30. The average Bonchev–Trinajstić information content (AvgIpc) is 2.18. The number of carbonyl (C=O) groups excluding carboxylic acids is 1. The second-order valence-corrected chi connectivity index (χ2v) is 4.21. The van der Waals surface area contributed by atoms with Crippen LogP contribution < -0.4 is 4.90 Å². The van der Waals surface area contributed by atoms with Gasteiger partial charge in [-0.2, -0.15) is 0 Å². The summed E-state index contributed by atoms with van der Waals surface area (Å²) in [5.74, 6) is -2.32. The van der Waals surface area contributed by atoms with Crippen molar-refractivity contribution in [3.05, 3.63) is 28.8 Å². The highest BCUT2D eigenvalue weighted by Gasteiger charge is 2.43. The minimum atomic E-state index is -1.06. The fraction of sp³-hybridized carbons (Fsp3) is 0.273. The third-order valence-electron chi connectivity index (χ3n) is 2.68. The summed E-state index contributed by atoms with van der Waals surface area (Å²) < 4.78 is 0. The van der Waals surface area contributed by atoms with Gasteiger partial charge >= 0.3 is 5.97 Å². The first kappa shape index (κ1) is 11.0. The molecule has 0 radical (unpaired) electrons. The fourth-order valence-electron chi connectivity index (χ4n) is 1.75. The van der Waals surface area contributed by atoms with Gasteiger partial charge in [0.2, 0.25) is 5.91 Å². The number of rotatable bonds is 2. The van der Waals surface area contributed by atoms with Gasteiger partial charge in [0, 0.05) is 17.3 Å². The van der Waals surface area contributed by atoms with Crippen LogP contribution in [0.25, 0.3) is 0 Å². The topological polar surface area (TPSA) is 57.6 Å². The molecular formula is C11H10ClNO3. The van der Waals surface area contributed by atoms with Crippen molar-refractivity contribution in [2.24, 2.45) is 5.92 Å². The zero-order valence-corrected chi connectivity index (χ0v) is 9.36. The van der Waals surface area contributed by atoms with Crippen molar-refractivity contribution >= 4 is 29.2 Å². The Bertz CT molecular complexity index is 472. The minimum Gasteiger partial charge on any atom is -0.481 e. The molecular weight excluding hydrogens is 230 g/mol. The zero-order chi connectivity index (χ0) is 11.9. The highest BCUT2D eigenvalue weighted by atomic mass is 35.5. The van der Waals surface area contributed by atoms with Gasteiger partial charge in [0.05, 0.1) is 0 Å². The number of nitrogens with zero attached hydrogens (tertiary/aromatic N) is 1. The first-order valence-electron chi connectivity index (χ1n) is 4.81. The molecule has 1 fully saturated rings. The molecule has 4 nitrogen and oxygen atoms in total. The molecule has 5 heteroatoms. The third kappa shape index (κ3) is 1.65. The van der Waals surface area contributed by atoms with Crippen LogP contribution in [0.15, 0.2) is 18.2 Å². The standard InChI is InChI=1S/C11H10ClNO3/c1-6-4-7(12)2-3-9(6)13-5-8(10(13)14)11(15)16/h2-4,8H,5H2,1H3,(H,15,16). The summed E-state index contributed by atoms with van der Waals surface area (Å²) in [6.07, 6.45) is 0. The Labute approximate surface area is 97.4 Å². The second-order valence-electron chi connectivity index (χ2n) is 3.77. The minimum absolute atomic E-state index is 0.233. The van der Waals surface area contributed by atoms with Crippen LogP contribution in [0.3, 0.4) is 0 Å². The summed E-state index contributed by atoms with van der Waals surface area (Å²) in [6.45, 7) is 2.07. The van der Waals surface area contributed by atoms with Crippen molar-refractivity contribution in [1.82, 2.24) is 0 Å². The number of halogens is 1. The van der Waals surface area contributed by atoms with E-state index < -0.39 is 11.9 Å². The summed E-state index contributed by atoms with van der Waals surface area (Å²) >= 11 is 5.80. The molecule has 1 aliphatic heterocycles. The Balaban J connectivity index is 2.22. The van der Waals surface area contributed by atoms with Gasteiger partial charge in [0.25, 0.3) is 0 Å². The number of carboxylic acid groups (broad SMARTS) is 1. The fourth-order valence-corrected chi connectivity index (χ4v) is 1.98. The van der Waals surface area contributed by atoms with Crippen molar-refractivity contribution in [3.63, 3.8) is 0 Å². The molecule has 1 aromatic carbocycles. The van der Waals surface area contributed by atoms with Gasteiger partial charge in [-0.15, -0.1) is 0 Å². The van der Waals surface area contributed by atoms with Crippen molar-refractivity contribution in [1.29, 1.82) is 0 Å². The van der Waals surface area contributed by atoms with Gasteiger partial charge in [-0.05, 0) is 30.7 Å². The molecule has 0 aliphatic carbocycles. The predicted molar refractivity (Wildman–Crippen MR) is 59.7 cm³/mol. The van der Waals surface area contributed by atoms with Gasteiger partial charge in [0.15, 0.2) is 5.92 Å². The molecule has 84 valence electrons. The third-order valence-corrected chi connectivity index (χ3v) is 2.91. The van der Waals surface area contributed by atoms with Crippen LogP contribution in [0, 0.1) is 12.8 Å². The lowest BCUT2D eigenvalue weighted by Crippen LogP contribution is -2.56. The van der Waals surface area contributed by atoms with Crippen LogP contribution in [-0.4, -0.2) is 23.5 Å². The molecule has 0 aromatic heterocycles. The summed E-state index contributed by atoms with van der Waals surface area (Å²) in [5, 5.41) is 9.31. The smallest absolute Gasteiger partial charge is 0.317 e. The van der Waals surface area contributed by atoms with E-state index >= 15 is 0 Å². The average molecular weight is 240 g/mol. The summed E-state index contributed by atoms with van der Waals surface area (Å²) in [5.41, 5.74) is 1.59. The Morgan fingerprint density at radius 1 is 1.56 bits per heavy atom. The van der Waals surface area contributed by atoms with E-state index in [2.05, 4.69) is 0 Å². The Morgan fingerprint density at radius 3 is 2.75 bits per heavy atom. The maximum Gasteiger partial charge on any atom is 0.317 e. The maximum atomic E-state index is 11.6. The number of aliphatic carboxylic acids is 1. The van der Waals surface area contributed by atoms with Crippen LogP contribution in [-0.2, 0) is 9.59 Å². The molecule has 1 amide bonds. The molecule has 1 saturated heterocycles. The van der Waals surface area contributed by atoms with Crippen LogP contribution in [0.4, 0.5) is 5.69 Å². The van der Waals surface area contributed by atoms with E-state index in [4.69, 9.17) is 16.7 Å². The number of hydrogen-bond acceptors (Lipinski definition) is 2. The van der Waals surface area contributed by atoms with Crippen LogP contribution in [0.5, 0.6) is 0 Å². The predicted octanol–water partition coefficient (Wildman–Crippen LogP) is 1.70. The first-order valence-corrected chi connectivity index (χ1v) is 5.19. The molecule has 1 unspecified atom stereocenters.